The third-order valence-electron chi connectivity index (χ3n) is 7.18. The molecule has 0 radical (unpaired) electrons. The SMILES string of the molecule is CCCCOc1ccc(CNC(=S)NC(=O)C23CC4CC(CC(C4)C2)C3)cc1OC. The zero-order valence-corrected chi connectivity index (χ0v) is 19.0. The average Bonchev–Trinajstić information content (AvgIpc) is 2.72. The molecule has 0 aromatic heterocycles. The molecule has 1 amide bonds. The maximum atomic E-state index is 13.1. The molecule has 4 bridgehead atoms. The fraction of sp³-hybridized carbons (Fsp3) is 0.667. The Morgan fingerprint density at radius 2 is 1.80 bits per heavy atom. The molecule has 1 aromatic rings. The Bertz CT molecular complexity index is 759. The molecule has 6 heteroatoms. The summed E-state index contributed by atoms with van der Waals surface area (Å²) in [4.78, 5) is 13.1. The van der Waals surface area contributed by atoms with Crippen LogP contribution in [0.2, 0.25) is 0 Å². The monoisotopic (exact) mass is 430 g/mol. The normalized spacial score (nSPS) is 28.8. The Morgan fingerprint density at radius 3 is 2.40 bits per heavy atom. The number of hydrogen-bond acceptors (Lipinski definition) is 4. The van der Waals surface area contributed by atoms with E-state index in [1.54, 1.807) is 7.11 Å². The van der Waals surface area contributed by atoms with Gasteiger partial charge in [0.15, 0.2) is 16.6 Å². The van der Waals surface area contributed by atoms with E-state index < -0.39 is 0 Å². The van der Waals surface area contributed by atoms with Crippen molar-refractivity contribution in [2.24, 2.45) is 23.2 Å². The van der Waals surface area contributed by atoms with Gasteiger partial charge in [0.05, 0.1) is 19.1 Å². The second-order valence-electron chi connectivity index (χ2n) is 9.52. The topological polar surface area (TPSA) is 59.6 Å². The Morgan fingerprint density at radius 1 is 1.13 bits per heavy atom. The quantitative estimate of drug-likeness (QED) is 0.467. The van der Waals surface area contributed by atoms with Gasteiger partial charge >= 0.3 is 0 Å². The van der Waals surface area contributed by atoms with Crippen LogP contribution in [-0.2, 0) is 11.3 Å². The highest BCUT2D eigenvalue weighted by Gasteiger charge is 2.54. The van der Waals surface area contributed by atoms with Crippen molar-refractivity contribution >= 4 is 23.2 Å². The third-order valence-corrected chi connectivity index (χ3v) is 7.43. The molecule has 4 saturated carbocycles. The summed E-state index contributed by atoms with van der Waals surface area (Å²) in [6.07, 6.45) is 9.24. The summed E-state index contributed by atoms with van der Waals surface area (Å²) < 4.78 is 11.3. The van der Waals surface area contributed by atoms with Gasteiger partial charge in [-0.05, 0) is 92.6 Å². The molecule has 30 heavy (non-hydrogen) atoms. The summed E-state index contributed by atoms with van der Waals surface area (Å²) in [5, 5.41) is 6.61. The fourth-order valence-electron chi connectivity index (χ4n) is 6.12. The first-order chi connectivity index (χ1) is 14.5. The van der Waals surface area contributed by atoms with Crippen LogP contribution < -0.4 is 20.1 Å². The lowest BCUT2D eigenvalue weighted by molar-refractivity contribution is -0.144. The van der Waals surface area contributed by atoms with Crippen LogP contribution in [-0.4, -0.2) is 24.7 Å². The predicted molar refractivity (Wildman–Crippen MR) is 122 cm³/mol. The van der Waals surface area contributed by atoms with E-state index in [9.17, 15) is 4.79 Å². The van der Waals surface area contributed by atoms with Crippen molar-refractivity contribution in [1.29, 1.82) is 0 Å². The van der Waals surface area contributed by atoms with Gasteiger partial charge in [-0.25, -0.2) is 0 Å². The Kier molecular flexibility index (Phi) is 6.51. The van der Waals surface area contributed by atoms with Crippen LogP contribution in [0.3, 0.4) is 0 Å². The molecule has 4 fully saturated rings. The molecule has 0 spiro atoms. The van der Waals surface area contributed by atoms with E-state index in [1.165, 1.54) is 19.3 Å². The second kappa shape index (κ2) is 9.13. The molecule has 1 aromatic carbocycles. The molecule has 0 aliphatic heterocycles. The lowest BCUT2D eigenvalue weighted by atomic mass is 9.49. The highest BCUT2D eigenvalue weighted by Crippen LogP contribution is 2.60. The molecule has 2 N–H and O–H groups in total. The van der Waals surface area contributed by atoms with Gasteiger partial charge in [-0.2, -0.15) is 0 Å². The Balaban J connectivity index is 1.30. The number of carbonyl (C=O) groups is 1. The number of nitrogens with one attached hydrogen (secondary N) is 2. The van der Waals surface area contributed by atoms with E-state index in [1.807, 2.05) is 18.2 Å². The van der Waals surface area contributed by atoms with Gasteiger partial charge in [0.1, 0.15) is 0 Å². The fourth-order valence-corrected chi connectivity index (χ4v) is 6.28. The molecular formula is C24H34N2O3S. The zero-order chi connectivity index (χ0) is 21.1. The van der Waals surface area contributed by atoms with Crippen molar-refractivity contribution in [2.75, 3.05) is 13.7 Å². The van der Waals surface area contributed by atoms with E-state index in [0.717, 1.165) is 61.2 Å². The number of ether oxygens (including phenoxy) is 2. The number of carbonyl (C=O) groups excluding carboxylic acids is 1. The lowest BCUT2D eigenvalue weighted by Gasteiger charge is -2.55. The van der Waals surface area contributed by atoms with Gasteiger partial charge in [-0.1, -0.05) is 19.4 Å². The Hall–Kier alpha value is -1.82. The number of amides is 1. The van der Waals surface area contributed by atoms with Crippen molar-refractivity contribution in [3.63, 3.8) is 0 Å². The van der Waals surface area contributed by atoms with Gasteiger partial charge in [0.25, 0.3) is 0 Å². The minimum Gasteiger partial charge on any atom is -0.493 e. The molecular weight excluding hydrogens is 396 g/mol. The first kappa shape index (κ1) is 21.4. The minimum atomic E-state index is -0.179. The maximum Gasteiger partial charge on any atom is 0.232 e. The van der Waals surface area contributed by atoms with Gasteiger partial charge in [0, 0.05) is 6.54 Å². The van der Waals surface area contributed by atoms with Crippen LogP contribution in [0.5, 0.6) is 11.5 Å². The number of benzene rings is 1. The zero-order valence-electron chi connectivity index (χ0n) is 18.2. The van der Waals surface area contributed by atoms with Crippen molar-refractivity contribution in [2.45, 2.75) is 64.8 Å². The molecule has 0 heterocycles. The van der Waals surface area contributed by atoms with Crippen molar-refractivity contribution in [3.05, 3.63) is 23.8 Å². The van der Waals surface area contributed by atoms with Gasteiger partial charge < -0.3 is 20.1 Å². The predicted octanol–water partition coefficient (Wildman–Crippen LogP) is 4.58. The number of methoxy groups -OCH3 is 1. The number of hydrogen-bond donors (Lipinski definition) is 2. The van der Waals surface area contributed by atoms with E-state index in [2.05, 4.69) is 17.6 Å². The summed E-state index contributed by atoms with van der Waals surface area (Å²) in [6, 6.07) is 5.89. The van der Waals surface area contributed by atoms with Crippen LogP contribution in [0.15, 0.2) is 18.2 Å². The van der Waals surface area contributed by atoms with Crippen LogP contribution in [0.4, 0.5) is 0 Å². The van der Waals surface area contributed by atoms with E-state index in [4.69, 9.17) is 21.7 Å². The maximum absolute atomic E-state index is 13.1. The lowest BCUT2D eigenvalue weighted by Crippen LogP contribution is -2.55. The molecule has 164 valence electrons. The highest BCUT2D eigenvalue weighted by molar-refractivity contribution is 7.80. The summed E-state index contributed by atoms with van der Waals surface area (Å²) in [5.74, 6) is 3.84. The average molecular weight is 431 g/mol. The minimum absolute atomic E-state index is 0.136. The number of thiocarbonyl (C=S) groups is 1. The van der Waals surface area contributed by atoms with E-state index >= 15 is 0 Å². The molecule has 5 rings (SSSR count). The second-order valence-corrected chi connectivity index (χ2v) is 9.93. The van der Waals surface area contributed by atoms with Crippen LogP contribution in [0, 0.1) is 23.2 Å². The van der Waals surface area contributed by atoms with Gasteiger partial charge in [-0.3, -0.25) is 4.79 Å². The van der Waals surface area contributed by atoms with E-state index in [-0.39, 0.29) is 11.3 Å². The van der Waals surface area contributed by atoms with Crippen LogP contribution in [0.25, 0.3) is 0 Å². The number of rotatable bonds is 8. The first-order valence-corrected chi connectivity index (χ1v) is 11.8. The van der Waals surface area contributed by atoms with Crippen molar-refractivity contribution < 1.29 is 14.3 Å². The third kappa shape index (κ3) is 4.58. The summed E-state index contributed by atoms with van der Waals surface area (Å²) in [5.41, 5.74) is 0.849. The standard InChI is InChI=1S/C24H34N2O3S/c1-3-4-7-29-20-6-5-16(11-21(20)28-2)15-25-23(30)26-22(27)24-12-17-8-18(13-24)10-19(9-17)14-24/h5-6,11,17-19H,3-4,7-10,12-15H2,1-2H3,(H2,25,26,27,30). The first-order valence-electron chi connectivity index (χ1n) is 11.4. The number of unbranched alkanes of at least 4 members (excludes halogenated alkanes) is 1. The van der Waals surface area contributed by atoms with E-state index in [0.29, 0.717) is 24.0 Å². The van der Waals surface area contributed by atoms with Crippen molar-refractivity contribution in [3.8, 4) is 11.5 Å². The molecule has 4 aliphatic rings. The smallest absolute Gasteiger partial charge is 0.232 e. The highest BCUT2D eigenvalue weighted by atomic mass is 32.1. The summed E-state index contributed by atoms with van der Waals surface area (Å²) in [7, 11) is 1.65. The van der Waals surface area contributed by atoms with Crippen LogP contribution >= 0.6 is 12.2 Å². The molecule has 4 aliphatic carbocycles. The molecule has 5 nitrogen and oxygen atoms in total. The molecule has 0 saturated heterocycles. The van der Waals surface area contributed by atoms with Gasteiger partial charge in [0.2, 0.25) is 5.91 Å². The molecule has 0 unspecified atom stereocenters. The van der Waals surface area contributed by atoms with Gasteiger partial charge in [-0.15, -0.1) is 0 Å². The molecule has 0 atom stereocenters. The van der Waals surface area contributed by atoms with Crippen LogP contribution in [0.1, 0.15) is 63.9 Å². The Labute approximate surface area is 185 Å². The van der Waals surface area contributed by atoms with Crippen molar-refractivity contribution in [1.82, 2.24) is 10.6 Å². The largest absolute Gasteiger partial charge is 0.493 e. The summed E-state index contributed by atoms with van der Waals surface area (Å²) >= 11 is 5.44. The summed E-state index contributed by atoms with van der Waals surface area (Å²) in [6.45, 7) is 3.36.